The van der Waals surface area contributed by atoms with E-state index in [1.54, 1.807) is 18.2 Å². The van der Waals surface area contributed by atoms with Gasteiger partial charge in [-0.15, -0.1) is 0 Å². The second-order valence-electron chi connectivity index (χ2n) is 4.97. The molecule has 0 aliphatic rings. The summed E-state index contributed by atoms with van der Waals surface area (Å²) in [7, 11) is -0.0743. The Kier molecular flexibility index (Phi) is 4.59. The maximum atomic E-state index is 13.6. The maximum Gasteiger partial charge on any atom is 0.264 e. The maximum absolute atomic E-state index is 13.6. The number of hydrogen-bond donors (Lipinski definition) is 1. The van der Waals surface area contributed by atoms with Crippen LogP contribution in [0, 0.1) is 5.82 Å². The summed E-state index contributed by atoms with van der Waals surface area (Å²) in [4.78, 5) is 1.62. The van der Waals surface area contributed by atoms with Gasteiger partial charge in [-0.05, 0) is 43.9 Å². The summed E-state index contributed by atoms with van der Waals surface area (Å²) >= 11 is 0. The molecular weight excluding hydrogens is 291 g/mol. The Labute approximate surface area is 124 Å². The molecule has 0 saturated heterocycles. The van der Waals surface area contributed by atoms with Crippen molar-refractivity contribution >= 4 is 15.7 Å². The van der Waals surface area contributed by atoms with E-state index in [4.69, 9.17) is 0 Å². The fourth-order valence-electron chi connectivity index (χ4n) is 1.97. The third-order valence-electron chi connectivity index (χ3n) is 2.80. The molecule has 6 heteroatoms. The van der Waals surface area contributed by atoms with Crippen molar-refractivity contribution in [1.82, 2.24) is 4.90 Å². The molecule has 0 bridgehead atoms. The minimum Gasteiger partial charge on any atom is -0.305 e. The standard InChI is InChI=1S/C15H17FN2O2S/c1-18(2)11-12-6-5-7-13(10-12)17-21(19,20)15-9-4-3-8-14(15)16/h3-10,17H,11H2,1-2H3. The van der Waals surface area contributed by atoms with Crippen LogP contribution in [-0.2, 0) is 16.6 Å². The van der Waals surface area contributed by atoms with Gasteiger partial charge in [-0.1, -0.05) is 24.3 Å². The molecule has 112 valence electrons. The van der Waals surface area contributed by atoms with Crippen LogP contribution in [0.3, 0.4) is 0 Å². The Balaban J connectivity index is 2.27. The molecule has 0 aliphatic carbocycles. The van der Waals surface area contributed by atoms with Crippen LogP contribution in [0.15, 0.2) is 53.4 Å². The zero-order chi connectivity index (χ0) is 15.5. The molecule has 0 amide bonds. The van der Waals surface area contributed by atoms with E-state index >= 15 is 0 Å². The molecule has 4 nitrogen and oxygen atoms in total. The Morgan fingerprint density at radius 3 is 2.48 bits per heavy atom. The monoisotopic (exact) mass is 308 g/mol. The van der Waals surface area contributed by atoms with Crippen molar-refractivity contribution in [3.8, 4) is 0 Å². The molecule has 0 fully saturated rings. The van der Waals surface area contributed by atoms with Gasteiger partial charge in [-0.25, -0.2) is 12.8 Å². The lowest BCUT2D eigenvalue weighted by Crippen LogP contribution is -2.15. The first kappa shape index (κ1) is 15.5. The third-order valence-corrected chi connectivity index (χ3v) is 4.22. The molecule has 0 heterocycles. The number of anilines is 1. The molecule has 0 atom stereocenters. The summed E-state index contributed by atoms with van der Waals surface area (Å²) in [6.07, 6.45) is 0. The second kappa shape index (κ2) is 6.24. The van der Waals surface area contributed by atoms with Gasteiger partial charge in [0.15, 0.2) is 0 Å². The summed E-state index contributed by atoms with van der Waals surface area (Å²) in [5.74, 6) is -0.769. The predicted octanol–water partition coefficient (Wildman–Crippen LogP) is 2.69. The zero-order valence-corrected chi connectivity index (χ0v) is 12.7. The molecule has 0 spiro atoms. The van der Waals surface area contributed by atoms with Crippen LogP contribution in [0.4, 0.5) is 10.1 Å². The first-order valence-electron chi connectivity index (χ1n) is 6.39. The third kappa shape index (κ3) is 4.03. The van der Waals surface area contributed by atoms with Crippen LogP contribution < -0.4 is 4.72 Å². The highest BCUT2D eigenvalue weighted by molar-refractivity contribution is 7.92. The number of nitrogens with one attached hydrogen (secondary N) is 1. The highest BCUT2D eigenvalue weighted by Crippen LogP contribution is 2.19. The van der Waals surface area contributed by atoms with Crippen molar-refractivity contribution in [3.05, 3.63) is 59.9 Å². The fourth-order valence-corrected chi connectivity index (χ4v) is 3.10. The number of hydrogen-bond acceptors (Lipinski definition) is 3. The van der Waals surface area contributed by atoms with E-state index in [-0.39, 0.29) is 4.90 Å². The lowest BCUT2D eigenvalue weighted by atomic mass is 10.2. The molecule has 2 aromatic rings. The van der Waals surface area contributed by atoms with Gasteiger partial charge in [0.2, 0.25) is 0 Å². The molecule has 21 heavy (non-hydrogen) atoms. The Morgan fingerprint density at radius 2 is 1.81 bits per heavy atom. The minimum absolute atomic E-state index is 0.358. The SMILES string of the molecule is CN(C)Cc1cccc(NS(=O)(=O)c2ccccc2F)c1. The quantitative estimate of drug-likeness (QED) is 0.924. The molecule has 2 aromatic carbocycles. The summed E-state index contributed by atoms with van der Waals surface area (Å²) in [5.41, 5.74) is 1.38. The predicted molar refractivity (Wildman–Crippen MR) is 81.0 cm³/mol. The minimum atomic E-state index is -3.93. The number of benzene rings is 2. The Morgan fingerprint density at radius 1 is 1.10 bits per heavy atom. The zero-order valence-electron chi connectivity index (χ0n) is 11.9. The van der Waals surface area contributed by atoms with Crippen LogP contribution in [0.25, 0.3) is 0 Å². The average Bonchev–Trinajstić information content (AvgIpc) is 2.38. The Bertz CT molecular complexity index is 730. The van der Waals surface area contributed by atoms with Crippen molar-refractivity contribution in [2.24, 2.45) is 0 Å². The van der Waals surface area contributed by atoms with E-state index in [0.29, 0.717) is 12.2 Å². The highest BCUT2D eigenvalue weighted by atomic mass is 32.2. The number of rotatable bonds is 5. The molecule has 0 saturated carbocycles. The first-order valence-corrected chi connectivity index (χ1v) is 7.88. The van der Waals surface area contributed by atoms with Crippen molar-refractivity contribution < 1.29 is 12.8 Å². The van der Waals surface area contributed by atoms with Gasteiger partial charge in [-0.2, -0.15) is 0 Å². The molecule has 1 N–H and O–H groups in total. The first-order chi connectivity index (χ1) is 9.88. The number of nitrogens with zero attached hydrogens (tertiary/aromatic N) is 1. The summed E-state index contributed by atoms with van der Waals surface area (Å²) in [6, 6.07) is 12.3. The normalized spacial score (nSPS) is 11.6. The van der Waals surface area contributed by atoms with Gasteiger partial charge in [0.05, 0.1) is 0 Å². The lowest BCUT2D eigenvalue weighted by molar-refractivity contribution is 0.402. The van der Waals surface area contributed by atoms with E-state index in [0.717, 1.165) is 11.6 Å². The van der Waals surface area contributed by atoms with Crippen LogP contribution in [0.5, 0.6) is 0 Å². The van der Waals surface area contributed by atoms with E-state index in [1.807, 2.05) is 25.1 Å². The van der Waals surface area contributed by atoms with Gasteiger partial charge in [-0.3, -0.25) is 4.72 Å². The van der Waals surface area contributed by atoms with Crippen LogP contribution in [-0.4, -0.2) is 27.4 Å². The van der Waals surface area contributed by atoms with Gasteiger partial charge in [0, 0.05) is 12.2 Å². The average molecular weight is 308 g/mol. The van der Waals surface area contributed by atoms with E-state index in [9.17, 15) is 12.8 Å². The summed E-state index contributed by atoms with van der Waals surface area (Å²) < 4.78 is 40.4. The smallest absolute Gasteiger partial charge is 0.264 e. The molecule has 0 radical (unpaired) electrons. The highest BCUT2D eigenvalue weighted by Gasteiger charge is 2.18. The van der Waals surface area contributed by atoms with E-state index in [2.05, 4.69) is 4.72 Å². The second-order valence-corrected chi connectivity index (χ2v) is 6.62. The summed E-state index contributed by atoms with van der Waals surface area (Å²) in [5, 5.41) is 0. The molecular formula is C15H17FN2O2S. The Hall–Kier alpha value is -1.92. The van der Waals surface area contributed by atoms with Crippen molar-refractivity contribution in [2.75, 3.05) is 18.8 Å². The van der Waals surface area contributed by atoms with Crippen LogP contribution in [0.1, 0.15) is 5.56 Å². The van der Waals surface area contributed by atoms with Crippen molar-refractivity contribution in [3.63, 3.8) is 0 Å². The fraction of sp³-hybridized carbons (Fsp3) is 0.200. The topological polar surface area (TPSA) is 49.4 Å². The molecule has 0 aliphatic heterocycles. The largest absolute Gasteiger partial charge is 0.305 e. The lowest BCUT2D eigenvalue weighted by Gasteiger charge is -2.12. The summed E-state index contributed by atoms with van der Waals surface area (Å²) in [6.45, 7) is 0.690. The van der Waals surface area contributed by atoms with Gasteiger partial charge < -0.3 is 4.90 Å². The molecule has 2 rings (SSSR count). The van der Waals surface area contributed by atoms with Crippen molar-refractivity contribution in [2.45, 2.75) is 11.4 Å². The van der Waals surface area contributed by atoms with Gasteiger partial charge in [0.25, 0.3) is 10.0 Å². The van der Waals surface area contributed by atoms with Crippen LogP contribution in [0.2, 0.25) is 0 Å². The van der Waals surface area contributed by atoms with Gasteiger partial charge >= 0.3 is 0 Å². The number of halogens is 1. The number of sulfonamides is 1. The molecule has 0 aromatic heterocycles. The van der Waals surface area contributed by atoms with E-state index < -0.39 is 15.8 Å². The van der Waals surface area contributed by atoms with Crippen LogP contribution >= 0.6 is 0 Å². The van der Waals surface area contributed by atoms with Crippen molar-refractivity contribution in [1.29, 1.82) is 0 Å². The van der Waals surface area contributed by atoms with E-state index in [1.165, 1.54) is 18.2 Å². The molecule has 0 unspecified atom stereocenters. The van der Waals surface area contributed by atoms with Gasteiger partial charge in [0.1, 0.15) is 10.7 Å².